The highest BCUT2D eigenvalue weighted by Crippen LogP contribution is 2.16. The molecule has 0 atom stereocenters. The Morgan fingerprint density at radius 2 is 2.23 bits per heavy atom. The van der Waals surface area contributed by atoms with Crippen LogP contribution in [-0.2, 0) is 22.6 Å². The topological polar surface area (TPSA) is 72.2 Å². The van der Waals surface area contributed by atoms with Crippen LogP contribution in [0.3, 0.4) is 0 Å². The van der Waals surface area contributed by atoms with E-state index in [1.165, 1.54) is 0 Å². The summed E-state index contributed by atoms with van der Waals surface area (Å²) in [4.78, 5) is 16.0. The Balaban J connectivity index is 1.79. The monoisotopic (exact) mass is 316 g/mol. The smallest absolute Gasteiger partial charge is 0.344 e. The van der Waals surface area contributed by atoms with Crippen molar-refractivity contribution in [3.05, 3.63) is 45.9 Å². The summed E-state index contributed by atoms with van der Waals surface area (Å²) < 4.78 is 10.4. The van der Waals surface area contributed by atoms with Crippen molar-refractivity contribution in [3.8, 4) is 11.8 Å². The number of nitriles is 1. The van der Waals surface area contributed by atoms with Gasteiger partial charge in [-0.3, -0.25) is 0 Å². The number of nitrogens with zero attached hydrogens (tertiary/aromatic N) is 2. The normalized spacial score (nSPS) is 10.0. The van der Waals surface area contributed by atoms with E-state index in [0.29, 0.717) is 11.3 Å². The molecule has 0 fully saturated rings. The Labute approximate surface area is 133 Å². The molecular formula is C16H16N2O3S. The summed E-state index contributed by atoms with van der Waals surface area (Å²) >= 11 is 1.57. The third-order valence-electron chi connectivity index (χ3n) is 2.80. The standard InChI is InChI=1S/C16H16N2O3S/c1-2-5-15-18-13(11-22-15)9-21-16(19)10-20-14-7-4-3-6-12(14)8-17/h3-4,6-7,11H,2,5,9-10H2,1H3. The summed E-state index contributed by atoms with van der Waals surface area (Å²) in [6, 6.07) is 8.76. The van der Waals surface area contributed by atoms with Crippen molar-refractivity contribution < 1.29 is 14.3 Å². The zero-order valence-electron chi connectivity index (χ0n) is 12.2. The van der Waals surface area contributed by atoms with E-state index in [0.717, 1.165) is 23.5 Å². The summed E-state index contributed by atoms with van der Waals surface area (Å²) in [5, 5.41) is 11.9. The van der Waals surface area contributed by atoms with Crippen molar-refractivity contribution in [2.45, 2.75) is 26.4 Å². The lowest BCUT2D eigenvalue weighted by Gasteiger charge is -2.07. The van der Waals surface area contributed by atoms with Gasteiger partial charge < -0.3 is 9.47 Å². The molecule has 114 valence electrons. The average molecular weight is 316 g/mol. The molecule has 0 N–H and O–H groups in total. The number of esters is 1. The minimum Gasteiger partial charge on any atom is -0.481 e. The number of hydrogen-bond donors (Lipinski definition) is 0. The zero-order chi connectivity index (χ0) is 15.8. The SMILES string of the molecule is CCCc1nc(COC(=O)COc2ccccc2C#N)cs1. The van der Waals surface area contributed by atoms with E-state index in [1.54, 1.807) is 35.6 Å². The highest BCUT2D eigenvalue weighted by atomic mass is 32.1. The van der Waals surface area contributed by atoms with E-state index < -0.39 is 5.97 Å². The number of benzene rings is 1. The van der Waals surface area contributed by atoms with E-state index in [2.05, 4.69) is 11.9 Å². The maximum absolute atomic E-state index is 11.7. The Morgan fingerprint density at radius 3 is 3.00 bits per heavy atom. The van der Waals surface area contributed by atoms with Gasteiger partial charge in [-0.05, 0) is 25.0 Å². The van der Waals surface area contributed by atoms with Gasteiger partial charge in [0.2, 0.25) is 0 Å². The first-order chi connectivity index (χ1) is 10.7. The third-order valence-corrected chi connectivity index (χ3v) is 3.75. The molecule has 0 saturated heterocycles. The lowest BCUT2D eigenvalue weighted by molar-refractivity contribution is -0.147. The van der Waals surface area contributed by atoms with Gasteiger partial charge >= 0.3 is 5.97 Å². The van der Waals surface area contributed by atoms with E-state index in [9.17, 15) is 4.79 Å². The minimum atomic E-state index is -0.488. The summed E-state index contributed by atoms with van der Waals surface area (Å²) in [5.41, 5.74) is 1.14. The van der Waals surface area contributed by atoms with Crippen LogP contribution in [0.15, 0.2) is 29.6 Å². The van der Waals surface area contributed by atoms with Gasteiger partial charge in [-0.15, -0.1) is 11.3 Å². The number of thiazole rings is 1. The summed E-state index contributed by atoms with van der Waals surface area (Å²) in [5.74, 6) is -0.112. The molecular weight excluding hydrogens is 300 g/mol. The number of aryl methyl sites for hydroxylation is 1. The minimum absolute atomic E-state index is 0.141. The molecule has 0 spiro atoms. The lowest BCUT2D eigenvalue weighted by atomic mass is 10.2. The number of hydrogen-bond acceptors (Lipinski definition) is 6. The van der Waals surface area contributed by atoms with Crippen molar-refractivity contribution in [1.82, 2.24) is 4.98 Å². The fraction of sp³-hybridized carbons (Fsp3) is 0.312. The Morgan fingerprint density at radius 1 is 1.41 bits per heavy atom. The number of carbonyl (C=O) groups is 1. The van der Waals surface area contributed by atoms with Crippen LogP contribution in [0, 0.1) is 11.3 Å². The van der Waals surface area contributed by atoms with Crippen LogP contribution >= 0.6 is 11.3 Å². The van der Waals surface area contributed by atoms with Crippen LogP contribution < -0.4 is 4.74 Å². The number of aromatic nitrogens is 1. The molecule has 1 heterocycles. The predicted octanol–water partition coefficient (Wildman–Crippen LogP) is 3.09. The number of para-hydroxylation sites is 1. The van der Waals surface area contributed by atoms with Crippen molar-refractivity contribution in [3.63, 3.8) is 0 Å². The van der Waals surface area contributed by atoms with Crippen LogP contribution in [0.2, 0.25) is 0 Å². The van der Waals surface area contributed by atoms with Crippen LogP contribution in [0.5, 0.6) is 5.75 Å². The van der Waals surface area contributed by atoms with Crippen LogP contribution in [0.1, 0.15) is 29.6 Å². The molecule has 0 unspecified atom stereocenters. The maximum Gasteiger partial charge on any atom is 0.344 e. The summed E-state index contributed by atoms with van der Waals surface area (Å²) in [6.45, 7) is 2.00. The molecule has 0 radical (unpaired) electrons. The summed E-state index contributed by atoms with van der Waals surface area (Å²) in [7, 11) is 0. The molecule has 5 nitrogen and oxygen atoms in total. The van der Waals surface area contributed by atoms with Crippen LogP contribution in [-0.4, -0.2) is 17.6 Å². The molecule has 1 aromatic carbocycles. The fourth-order valence-electron chi connectivity index (χ4n) is 1.76. The fourth-order valence-corrected chi connectivity index (χ4v) is 2.65. The van der Waals surface area contributed by atoms with Crippen LogP contribution in [0.25, 0.3) is 0 Å². The maximum atomic E-state index is 11.7. The van der Waals surface area contributed by atoms with Gasteiger partial charge in [0.05, 0.1) is 16.3 Å². The lowest BCUT2D eigenvalue weighted by Crippen LogP contribution is -2.15. The molecule has 0 saturated carbocycles. The molecule has 22 heavy (non-hydrogen) atoms. The molecule has 0 aliphatic heterocycles. The molecule has 0 aliphatic rings. The first kappa shape index (κ1) is 16.0. The quantitative estimate of drug-likeness (QED) is 0.734. The molecule has 0 aliphatic carbocycles. The second kappa shape index (κ2) is 8.15. The molecule has 1 aromatic heterocycles. The second-order valence-corrected chi connectivity index (χ2v) is 5.48. The van der Waals surface area contributed by atoms with E-state index in [1.807, 2.05) is 11.4 Å². The van der Waals surface area contributed by atoms with Gasteiger partial charge in [-0.25, -0.2) is 9.78 Å². The van der Waals surface area contributed by atoms with Crippen molar-refractivity contribution >= 4 is 17.3 Å². The number of rotatable bonds is 7. The van der Waals surface area contributed by atoms with E-state index in [4.69, 9.17) is 14.7 Å². The predicted molar refractivity (Wildman–Crippen MR) is 82.6 cm³/mol. The van der Waals surface area contributed by atoms with E-state index >= 15 is 0 Å². The molecule has 0 amide bonds. The van der Waals surface area contributed by atoms with Crippen molar-refractivity contribution in [2.24, 2.45) is 0 Å². The van der Waals surface area contributed by atoms with Gasteiger partial charge in [0.25, 0.3) is 0 Å². The van der Waals surface area contributed by atoms with Crippen molar-refractivity contribution in [1.29, 1.82) is 5.26 Å². The average Bonchev–Trinajstić information content (AvgIpc) is 2.99. The largest absolute Gasteiger partial charge is 0.481 e. The first-order valence-electron chi connectivity index (χ1n) is 6.93. The van der Waals surface area contributed by atoms with Gasteiger partial charge in [0.1, 0.15) is 18.4 Å². The van der Waals surface area contributed by atoms with Gasteiger partial charge in [0.15, 0.2) is 6.61 Å². The zero-order valence-corrected chi connectivity index (χ0v) is 13.1. The molecule has 2 aromatic rings. The van der Waals surface area contributed by atoms with Gasteiger partial charge in [-0.1, -0.05) is 19.1 Å². The number of ether oxygens (including phenoxy) is 2. The van der Waals surface area contributed by atoms with Gasteiger partial charge in [-0.2, -0.15) is 5.26 Å². The summed E-state index contributed by atoms with van der Waals surface area (Å²) in [6.07, 6.45) is 1.98. The Bertz CT molecular complexity index is 676. The van der Waals surface area contributed by atoms with Crippen molar-refractivity contribution in [2.75, 3.05) is 6.61 Å². The molecule has 2 rings (SSSR count). The highest BCUT2D eigenvalue weighted by Gasteiger charge is 2.09. The Kier molecular flexibility index (Phi) is 5.92. The van der Waals surface area contributed by atoms with E-state index in [-0.39, 0.29) is 13.2 Å². The third kappa shape index (κ3) is 4.57. The molecule has 6 heteroatoms. The second-order valence-electron chi connectivity index (χ2n) is 4.54. The highest BCUT2D eigenvalue weighted by molar-refractivity contribution is 7.09. The first-order valence-corrected chi connectivity index (χ1v) is 7.81. The van der Waals surface area contributed by atoms with Crippen LogP contribution in [0.4, 0.5) is 0 Å². The Hall–Kier alpha value is -2.39. The van der Waals surface area contributed by atoms with Gasteiger partial charge in [0, 0.05) is 5.38 Å². The number of carbonyl (C=O) groups excluding carboxylic acids is 1. The molecule has 0 bridgehead atoms.